The molecular weight excluding hydrogens is 304 g/mol. The van der Waals surface area contributed by atoms with Crippen LogP contribution in [-0.4, -0.2) is 23.3 Å². The third-order valence-electron chi connectivity index (χ3n) is 4.05. The molecule has 0 spiro atoms. The highest BCUT2D eigenvalue weighted by Crippen LogP contribution is 2.17. The Hall–Kier alpha value is -2.82. The van der Waals surface area contributed by atoms with Crippen LogP contribution >= 0.6 is 0 Å². The molecule has 1 saturated heterocycles. The van der Waals surface area contributed by atoms with Crippen LogP contribution in [0, 0.1) is 0 Å². The van der Waals surface area contributed by atoms with Crippen molar-refractivity contribution in [1.29, 1.82) is 0 Å². The van der Waals surface area contributed by atoms with Gasteiger partial charge in [-0.25, -0.2) is 0 Å². The van der Waals surface area contributed by atoms with E-state index in [0.29, 0.717) is 25.3 Å². The maximum Gasteiger partial charge on any atom is 0.244 e. The van der Waals surface area contributed by atoms with Gasteiger partial charge in [-0.15, -0.1) is 0 Å². The van der Waals surface area contributed by atoms with E-state index in [9.17, 15) is 9.59 Å². The molecule has 1 aromatic carbocycles. The largest absolute Gasteiger partial charge is 0.465 e. The predicted molar refractivity (Wildman–Crippen MR) is 90.7 cm³/mol. The first-order valence-corrected chi connectivity index (χ1v) is 8.06. The highest BCUT2D eigenvalue weighted by molar-refractivity contribution is 5.91. The zero-order valence-electron chi connectivity index (χ0n) is 13.4. The summed E-state index contributed by atoms with van der Waals surface area (Å²) in [5.41, 5.74) is 2.10. The van der Waals surface area contributed by atoms with Gasteiger partial charge in [0, 0.05) is 32.1 Å². The molecule has 0 saturated carbocycles. The van der Waals surface area contributed by atoms with Crippen molar-refractivity contribution in [2.24, 2.45) is 0 Å². The van der Waals surface area contributed by atoms with E-state index in [0.717, 1.165) is 24.1 Å². The molecule has 1 aliphatic heterocycles. The Bertz CT molecular complexity index is 735. The van der Waals surface area contributed by atoms with Crippen LogP contribution in [0.2, 0.25) is 0 Å². The van der Waals surface area contributed by atoms with Crippen LogP contribution in [0.25, 0.3) is 6.08 Å². The molecule has 124 valence electrons. The van der Waals surface area contributed by atoms with Crippen LogP contribution in [0.3, 0.4) is 0 Å². The summed E-state index contributed by atoms with van der Waals surface area (Å²) >= 11 is 0. The number of hydrogen-bond acceptors (Lipinski definition) is 3. The van der Waals surface area contributed by atoms with Crippen LogP contribution in [-0.2, 0) is 22.7 Å². The molecule has 0 unspecified atom stereocenters. The summed E-state index contributed by atoms with van der Waals surface area (Å²) in [7, 11) is 0. The number of likely N-dealkylation sites (tertiary alicyclic amines) is 1. The number of furan rings is 1. The molecule has 0 atom stereocenters. The second-order valence-electron chi connectivity index (χ2n) is 5.75. The molecule has 1 fully saturated rings. The first-order chi connectivity index (χ1) is 11.7. The van der Waals surface area contributed by atoms with Crippen LogP contribution in [0.5, 0.6) is 0 Å². The average molecular weight is 324 g/mol. The molecule has 1 aliphatic rings. The average Bonchev–Trinajstić information content (AvgIpc) is 3.24. The summed E-state index contributed by atoms with van der Waals surface area (Å²) < 4.78 is 5.15. The molecule has 2 aromatic rings. The number of hydrogen-bond donors (Lipinski definition) is 1. The first kappa shape index (κ1) is 16.1. The molecule has 0 bridgehead atoms. The molecule has 5 nitrogen and oxygen atoms in total. The summed E-state index contributed by atoms with van der Waals surface area (Å²) in [5.74, 6) is 0.659. The molecule has 3 rings (SSSR count). The van der Waals surface area contributed by atoms with E-state index in [4.69, 9.17) is 4.42 Å². The van der Waals surface area contributed by atoms with Crippen LogP contribution in [0.1, 0.15) is 29.7 Å². The quantitative estimate of drug-likeness (QED) is 0.831. The van der Waals surface area contributed by atoms with E-state index in [1.54, 1.807) is 24.5 Å². The second-order valence-corrected chi connectivity index (χ2v) is 5.75. The van der Waals surface area contributed by atoms with E-state index in [-0.39, 0.29) is 11.8 Å². The minimum absolute atomic E-state index is 0.182. The molecule has 5 heteroatoms. The fraction of sp³-hybridized carbons (Fsp3) is 0.263. The van der Waals surface area contributed by atoms with E-state index in [2.05, 4.69) is 5.32 Å². The lowest BCUT2D eigenvalue weighted by molar-refractivity contribution is -0.128. The molecule has 2 heterocycles. The zero-order valence-corrected chi connectivity index (χ0v) is 13.4. The normalized spacial score (nSPS) is 14.5. The van der Waals surface area contributed by atoms with Crippen molar-refractivity contribution in [3.05, 3.63) is 65.6 Å². The van der Waals surface area contributed by atoms with Crippen molar-refractivity contribution in [3.8, 4) is 0 Å². The van der Waals surface area contributed by atoms with Crippen LogP contribution in [0.15, 0.2) is 53.2 Å². The van der Waals surface area contributed by atoms with Crippen molar-refractivity contribution >= 4 is 17.9 Å². The van der Waals surface area contributed by atoms with E-state index >= 15 is 0 Å². The fourth-order valence-electron chi connectivity index (χ4n) is 2.75. The summed E-state index contributed by atoms with van der Waals surface area (Å²) in [6.07, 6.45) is 6.20. The third-order valence-corrected chi connectivity index (χ3v) is 4.05. The van der Waals surface area contributed by atoms with Gasteiger partial charge in [0.1, 0.15) is 5.76 Å². The Morgan fingerprint density at radius 2 is 2.04 bits per heavy atom. The molecule has 1 aromatic heterocycles. The zero-order chi connectivity index (χ0) is 16.8. The van der Waals surface area contributed by atoms with E-state index in [1.165, 1.54) is 6.08 Å². The number of nitrogens with zero attached hydrogens (tertiary/aromatic N) is 1. The number of amides is 2. The Morgan fingerprint density at radius 3 is 2.75 bits per heavy atom. The highest BCUT2D eigenvalue weighted by Gasteiger charge is 2.20. The van der Waals surface area contributed by atoms with Crippen molar-refractivity contribution in [1.82, 2.24) is 10.2 Å². The van der Waals surface area contributed by atoms with Gasteiger partial charge in [0.15, 0.2) is 0 Å². The Balaban J connectivity index is 1.58. The van der Waals surface area contributed by atoms with Gasteiger partial charge in [-0.05, 0) is 35.8 Å². The predicted octanol–water partition coefficient (Wildman–Crippen LogP) is 2.73. The van der Waals surface area contributed by atoms with Crippen LogP contribution in [0.4, 0.5) is 0 Å². The first-order valence-electron chi connectivity index (χ1n) is 8.06. The maximum atomic E-state index is 11.9. The molecule has 1 N–H and O–H groups in total. The summed E-state index contributed by atoms with van der Waals surface area (Å²) in [5, 5.41) is 2.87. The smallest absolute Gasteiger partial charge is 0.244 e. The molecule has 0 aliphatic carbocycles. The van der Waals surface area contributed by atoms with E-state index < -0.39 is 0 Å². The summed E-state index contributed by atoms with van der Waals surface area (Å²) in [4.78, 5) is 25.6. The second kappa shape index (κ2) is 7.64. The summed E-state index contributed by atoms with van der Waals surface area (Å²) in [6, 6.07) is 11.4. The Morgan fingerprint density at radius 1 is 1.21 bits per heavy atom. The third kappa shape index (κ3) is 4.13. The molecule has 24 heavy (non-hydrogen) atoms. The maximum absolute atomic E-state index is 11.9. The van der Waals surface area contributed by atoms with Gasteiger partial charge >= 0.3 is 0 Å². The van der Waals surface area contributed by atoms with Crippen molar-refractivity contribution in [3.63, 3.8) is 0 Å². The minimum Gasteiger partial charge on any atom is -0.465 e. The summed E-state index contributed by atoms with van der Waals surface area (Å²) in [6.45, 7) is 1.85. The topological polar surface area (TPSA) is 62.6 Å². The van der Waals surface area contributed by atoms with Crippen molar-refractivity contribution < 1.29 is 14.0 Å². The van der Waals surface area contributed by atoms with Crippen molar-refractivity contribution in [2.45, 2.75) is 25.9 Å². The number of benzene rings is 1. The van der Waals surface area contributed by atoms with Gasteiger partial charge < -0.3 is 14.6 Å². The monoisotopic (exact) mass is 324 g/mol. The number of carbonyl (C=O) groups is 2. The van der Waals surface area contributed by atoms with Gasteiger partial charge in [0.25, 0.3) is 0 Å². The lowest BCUT2D eigenvalue weighted by Crippen LogP contribution is -2.26. The Labute approximate surface area is 141 Å². The number of carbonyl (C=O) groups excluding carboxylic acids is 2. The van der Waals surface area contributed by atoms with Crippen molar-refractivity contribution in [2.75, 3.05) is 6.54 Å². The standard InChI is InChI=1S/C19H20N2O3/c22-18(10-9-17-7-4-12-24-17)20-13-15-5-1-2-6-16(15)14-21-11-3-8-19(21)23/h1-2,4-7,9-10,12H,3,8,11,13-14H2,(H,20,22)/b10-9+. The van der Waals surface area contributed by atoms with Gasteiger partial charge in [0.05, 0.1) is 6.26 Å². The highest BCUT2D eigenvalue weighted by atomic mass is 16.3. The van der Waals surface area contributed by atoms with Gasteiger partial charge in [-0.2, -0.15) is 0 Å². The van der Waals surface area contributed by atoms with Gasteiger partial charge in [-0.1, -0.05) is 24.3 Å². The molecule has 2 amide bonds. The molecule has 0 radical (unpaired) electrons. The lowest BCUT2D eigenvalue weighted by Gasteiger charge is -2.18. The van der Waals surface area contributed by atoms with E-state index in [1.807, 2.05) is 29.2 Å². The Kier molecular flexibility index (Phi) is 5.11. The SMILES string of the molecule is O=C(/C=C/c1ccco1)NCc1ccccc1CN1CCCC1=O. The number of nitrogens with one attached hydrogen (secondary N) is 1. The molecular formula is C19H20N2O3. The lowest BCUT2D eigenvalue weighted by atomic mass is 10.1. The number of rotatable bonds is 6. The minimum atomic E-state index is -0.182. The van der Waals surface area contributed by atoms with Gasteiger partial charge in [-0.3, -0.25) is 9.59 Å². The van der Waals surface area contributed by atoms with Gasteiger partial charge in [0.2, 0.25) is 11.8 Å². The van der Waals surface area contributed by atoms with Crippen LogP contribution < -0.4 is 5.32 Å². The fourth-order valence-corrected chi connectivity index (χ4v) is 2.75.